The van der Waals surface area contributed by atoms with Gasteiger partial charge in [-0.05, 0) is 49.9 Å². The van der Waals surface area contributed by atoms with Crippen LogP contribution in [0.1, 0.15) is 31.1 Å². The molecule has 1 saturated heterocycles. The van der Waals surface area contributed by atoms with E-state index in [1.165, 1.54) is 4.88 Å². The monoisotopic (exact) mass is 300 g/mol. The summed E-state index contributed by atoms with van der Waals surface area (Å²) in [5.74, 6) is 0.143. The SMILES string of the molecule is CC1(CNC(=O)CCc2ccc(Cl)s2)CCNCC1. The van der Waals surface area contributed by atoms with Gasteiger partial charge in [-0.25, -0.2) is 0 Å². The minimum atomic E-state index is 0.143. The molecule has 1 amide bonds. The van der Waals surface area contributed by atoms with Crippen LogP contribution < -0.4 is 10.6 Å². The van der Waals surface area contributed by atoms with Crippen LogP contribution in [0.15, 0.2) is 12.1 Å². The number of amides is 1. The Balaban J connectivity index is 1.69. The van der Waals surface area contributed by atoms with Gasteiger partial charge in [0, 0.05) is 17.8 Å². The molecular formula is C14H21ClN2OS. The third-order valence-electron chi connectivity index (χ3n) is 3.75. The number of carbonyl (C=O) groups is 1. The second-order valence-electron chi connectivity index (χ2n) is 5.54. The molecule has 3 nitrogen and oxygen atoms in total. The molecule has 1 aliphatic rings. The zero-order chi connectivity index (χ0) is 13.7. The number of rotatable bonds is 5. The summed E-state index contributed by atoms with van der Waals surface area (Å²) in [4.78, 5) is 13.0. The summed E-state index contributed by atoms with van der Waals surface area (Å²) >= 11 is 7.42. The van der Waals surface area contributed by atoms with Crippen LogP contribution in [0.3, 0.4) is 0 Å². The quantitative estimate of drug-likeness (QED) is 0.878. The standard InChI is InChI=1S/C14H21ClN2OS/c1-14(6-8-16-9-7-14)10-17-13(18)5-3-11-2-4-12(15)19-11/h2,4,16H,3,5-10H2,1H3,(H,17,18). The van der Waals surface area contributed by atoms with Gasteiger partial charge in [-0.2, -0.15) is 0 Å². The number of aryl methyl sites for hydroxylation is 1. The van der Waals surface area contributed by atoms with Gasteiger partial charge >= 0.3 is 0 Å². The summed E-state index contributed by atoms with van der Waals surface area (Å²) in [6.45, 7) is 5.16. The number of nitrogens with one attached hydrogen (secondary N) is 2. The molecule has 106 valence electrons. The van der Waals surface area contributed by atoms with Gasteiger partial charge in [0.2, 0.25) is 5.91 Å². The fourth-order valence-corrected chi connectivity index (χ4v) is 3.42. The average molecular weight is 301 g/mol. The van der Waals surface area contributed by atoms with Crippen molar-refractivity contribution in [2.24, 2.45) is 5.41 Å². The summed E-state index contributed by atoms with van der Waals surface area (Å²) in [6.07, 6.45) is 3.59. The molecule has 1 aliphatic heterocycles. The van der Waals surface area contributed by atoms with Crippen molar-refractivity contribution in [3.8, 4) is 0 Å². The number of thiophene rings is 1. The van der Waals surface area contributed by atoms with Crippen LogP contribution in [0.4, 0.5) is 0 Å². The number of hydrogen-bond donors (Lipinski definition) is 2. The minimum absolute atomic E-state index is 0.143. The first-order chi connectivity index (χ1) is 9.07. The predicted molar refractivity (Wildman–Crippen MR) is 80.9 cm³/mol. The molecule has 1 aromatic rings. The highest BCUT2D eigenvalue weighted by molar-refractivity contribution is 7.16. The number of hydrogen-bond acceptors (Lipinski definition) is 3. The molecule has 0 radical (unpaired) electrons. The molecule has 0 atom stereocenters. The van der Waals surface area contributed by atoms with Crippen molar-refractivity contribution in [3.63, 3.8) is 0 Å². The highest BCUT2D eigenvalue weighted by Gasteiger charge is 2.26. The lowest BCUT2D eigenvalue weighted by Gasteiger charge is -2.34. The third-order valence-corrected chi connectivity index (χ3v) is 5.04. The molecule has 1 fully saturated rings. The Labute approximate surface area is 123 Å². The van der Waals surface area contributed by atoms with Crippen molar-refractivity contribution in [2.75, 3.05) is 19.6 Å². The summed E-state index contributed by atoms with van der Waals surface area (Å²) in [5.41, 5.74) is 0.257. The molecule has 0 aliphatic carbocycles. The molecule has 0 spiro atoms. The molecule has 0 aromatic carbocycles. The van der Waals surface area contributed by atoms with E-state index in [9.17, 15) is 4.79 Å². The smallest absolute Gasteiger partial charge is 0.220 e. The highest BCUT2D eigenvalue weighted by Crippen LogP contribution is 2.26. The van der Waals surface area contributed by atoms with Crippen molar-refractivity contribution < 1.29 is 4.79 Å². The van der Waals surface area contributed by atoms with Crippen molar-refractivity contribution in [1.29, 1.82) is 0 Å². The Kier molecular flexibility index (Phi) is 5.25. The van der Waals surface area contributed by atoms with Crippen molar-refractivity contribution >= 4 is 28.8 Å². The van der Waals surface area contributed by atoms with E-state index >= 15 is 0 Å². The topological polar surface area (TPSA) is 41.1 Å². The van der Waals surface area contributed by atoms with Crippen molar-refractivity contribution in [3.05, 3.63) is 21.3 Å². The van der Waals surface area contributed by atoms with Crippen LogP contribution in [0.2, 0.25) is 4.34 Å². The zero-order valence-electron chi connectivity index (χ0n) is 11.3. The van der Waals surface area contributed by atoms with Gasteiger partial charge in [-0.1, -0.05) is 18.5 Å². The van der Waals surface area contributed by atoms with E-state index in [4.69, 9.17) is 11.6 Å². The summed E-state index contributed by atoms with van der Waals surface area (Å²) in [5, 5.41) is 6.43. The van der Waals surface area contributed by atoms with E-state index in [2.05, 4.69) is 17.6 Å². The Bertz CT molecular complexity index is 427. The molecule has 0 unspecified atom stereocenters. The van der Waals surface area contributed by atoms with Crippen LogP contribution >= 0.6 is 22.9 Å². The second-order valence-corrected chi connectivity index (χ2v) is 7.34. The molecule has 2 heterocycles. The van der Waals surface area contributed by atoms with E-state index in [-0.39, 0.29) is 11.3 Å². The summed E-state index contributed by atoms with van der Waals surface area (Å²) in [6, 6.07) is 3.88. The number of halogens is 1. The molecule has 1 aromatic heterocycles. The Hall–Kier alpha value is -0.580. The van der Waals surface area contributed by atoms with Gasteiger partial charge in [-0.15, -0.1) is 11.3 Å². The number of piperidine rings is 1. The van der Waals surface area contributed by atoms with Gasteiger partial charge in [0.25, 0.3) is 0 Å². The highest BCUT2D eigenvalue weighted by atomic mass is 35.5. The van der Waals surface area contributed by atoms with Gasteiger partial charge < -0.3 is 10.6 Å². The maximum Gasteiger partial charge on any atom is 0.220 e. The van der Waals surface area contributed by atoms with Crippen LogP contribution in [0, 0.1) is 5.41 Å². The minimum Gasteiger partial charge on any atom is -0.356 e. The Morgan fingerprint density at radius 3 is 2.84 bits per heavy atom. The first-order valence-corrected chi connectivity index (χ1v) is 7.98. The van der Waals surface area contributed by atoms with Gasteiger partial charge in [0.05, 0.1) is 4.34 Å². The van der Waals surface area contributed by atoms with Crippen molar-refractivity contribution in [1.82, 2.24) is 10.6 Å². The molecule has 19 heavy (non-hydrogen) atoms. The molecular weight excluding hydrogens is 280 g/mol. The van der Waals surface area contributed by atoms with Crippen LogP contribution in [-0.2, 0) is 11.2 Å². The van der Waals surface area contributed by atoms with Gasteiger partial charge in [0.1, 0.15) is 0 Å². The molecule has 0 saturated carbocycles. The average Bonchev–Trinajstić information content (AvgIpc) is 2.81. The fourth-order valence-electron chi connectivity index (χ4n) is 2.33. The Morgan fingerprint density at radius 2 is 2.21 bits per heavy atom. The largest absolute Gasteiger partial charge is 0.356 e. The maximum absolute atomic E-state index is 11.9. The predicted octanol–water partition coefficient (Wildman–Crippen LogP) is 2.84. The first-order valence-electron chi connectivity index (χ1n) is 6.79. The lowest BCUT2D eigenvalue weighted by molar-refractivity contribution is -0.121. The van der Waals surface area contributed by atoms with E-state index in [1.54, 1.807) is 11.3 Å². The molecule has 0 bridgehead atoms. The van der Waals surface area contributed by atoms with Crippen LogP contribution in [0.25, 0.3) is 0 Å². The fraction of sp³-hybridized carbons (Fsp3) is 0.643. The molecule has 2 N–H and O–H groups in total. The van der Waals surface area contributed by atoms with Gasteiger partial charge in [0.15, 0.2) is 0 Å². The normalized spacial score (nSPS) is 18.2. The van der Waals surface area contributed by atoms with Gasteiger partial charge in [-0.3, -0.25) is 4.79 Å². The summed E-state index contributed by atoms with van der Waals surface area (Å²) in [7, 11) is 0. The van der Waals surface area contributed by atoms with E-state index in [0.717, 1.165) is 43.2 Å². The Morgan fingerprint density at radius 1 is 1.47 bits per heavy atom. The zero-order valence-corrected chi connectivity index (χ0v) is 12.9. The lowest BCUT2D eigenvalue weighted by atomic mass is 9.81. The maximum atomic E-state index is 11.9. The van der Waals surface area contributed by atoms with Crippen LogP contribution in [0.5, 0.6) is 0 Å². The van der Waals surface area contributed by atoms with Crippen LogP contribution in [-0.4, -0.2) is 25.5 Å². The second kappa shape index (κ2) is 6.73. The first kappa shape index (κ1) is 14.8. The molecule has 5 heteroatoms. The van der Waals surface area contributed by atoms with Crippen molar-refractivity contribution in [2.45, 2.75) is 32.6 Å². The summed E-state index contributed by atoms with van der Waals surface area (Å²) < 4.78 is 0.789. The van der Waals surface area contributed by atoms with E-state index in [1.807, 2.05) is 12.1 Å². The van der Waals surface area contributed by atoms with E-state index in [0.29, 0.717) is 6.42 Å². The number of carbonyl (C=O) groups excluding carboxylic acids is 1. The lowest BCUT2D eigenvalue weighted by Crippen LogP contribution is -2.42. The third kappa shape index (κ3) is 4.79. The van der Waals surface area contributed by atoms with E-state index < -0.39 is 0 Å². The molecule has 2 rings (SSSR count).